The number of hydrogen-bond acceptors (Lipinski definition) is 3. The molecule has 1 aliphatic heterocycles. The number of thioether (sulfide) groups is 1. The minimum absolute atomic E-state index is 0.222. The summed E-state index contributed by atoms with van der Waals surface area (Å²) >= 11 is 1.53. The predicted octanol–water partition coefficient (Wildman–Crippen LogP) is 1.33. The number of carbonyl (C=O) groups is 1. The molecule has 2 N–H and O–H groups in total. The summed E-state index contributed by atoms with van der Waals surface area (Å²) in [6, 6.07) is 0.512. The number of carboxylic acid groups (broad SMARTS) is 1. The second-order valence-corrected chi connectivity index (χ2v) is 4.83. The van der Waals surface area contributed by atoms with Crippen LogP contribution in [0.25, 0.3) is 0 Å². The molecule has 13 heavy (non-hydrogen) atoms. The Balaban J connectivity index is 2.20. The van der Waals surface area contributed by atoms with Crippen LogP contribution in [0.15, 0.2) is 0 Å². The van der Waals surface area contributed by atoms with E-state index in [0.29, 0.717) is 11.3 Å². The Morgan fingerprint density at radius 3 is 3.00 bits per heavy atom. The molecular weight excluding hydrogens is 186 g/mol. The summed E-state index contributed by atoms with van der Waals surface area (Å²) in [5, 5.41) is 12.4. The van der Waals surface area contributed by atoms with Gasteiger partial charge in [-0.05, 0) is 19.4 Å². The third-order valence-corrected chi connectivity index (χ3v) is 3.65. The highest BCUT2D eigenvalue weighted by Gasteiger charge is 2.20. The minimum atomic E-state index is -0.715. The first-order chi connectivity index (χ1) is 6.20. The third-order valence-electron chi connectivity index (χ3n) is 2.38. The molecule has 2 unspecified atom stereocenters. The molecule has 0 saturated carbocycles. The van der Waals surface area contributed by atoms with Crippen LogP contribution in [0.4, 0.5) is 0 Å². The maximum atomic E-state index is 10.3. The Labute approximate surface area is 83.3 Å². The van der Waals surface area contributed by atoms with Crippen molar-refractivity contribution in [3.63, 3.8) is 0 Å². The van der Waals surface area contributed by atoms with Crippen molar-refractivity contribution in [2.45, 2.75) is 37.5 Å². The fourth-order valence-electron chi connectivity index (χ4n) is 1.60. The Bertz CT molecular complexity index is 169. The summed E-state index contributed by atoms with van der Waals surface area (Å²) in [5.74, 6) is -0.494. The number of aliphatic carboxylic acids is 1. The van der Waals surface area contributed by atoms with E-state index in [9.17, 15) is 4.79 Å². The maximum Gasteiger partial charge on any atom is 0.313 e. The van der Waals surface area contributed by atoms with E-state index in [2.05, 4.69) is 12.2 Å². The van der Waals surface area contributed by atoms with Crippen molar-refractivity contribution >= 4 is 17.7 Å². The Hall–Kier alpha value is -0.220. The van der Waals surface area contributed by atoms with Crippen molar-refractivity contribution in [1.82, 2.24) is 5.32 Å². The normalized spacial score (nSPS) is 25.5. The molecule has 0 aliphatic carbocycles. The molecule has 1 heterocycles. The lowest BCUT2D eigenvalue weighted by Crippen LogP contribution is -2.40. The third kappa shape index (κ3) is 4.00. The maximum absolute atomic E-state index is 10.3. The number of hydrogen-bond donors (Lipinski definition) is 2. The molecule has 0 aromatic carbocycles. The first-order valence-corrected chi connectivity index (χ1v) is 5.82. The molecular formula is C9H17NO2S. The smallest absolute Gasteiger partial charge is 0.313 e. The van der Waals surface area contributed by atoms with Crippen LogP contribution in [0.2, 0.25) is 0 Å². The first-order valence-electron chi connectivity index (χ1n) is 4.77. The number of piperidine rings is 1. The van der Waals surface area contributed by atoms with Crippen molar-refractivity contribution < 1.29 is 9.90 Å². The molecule has 0 spiro atoms. The molecule has 3 nitrogen and oxygen atoms in total. The standard InChI is InChI=1S/C9H17NO2S/c1-7(13-6-9(11)12)8-4-2-3-5-10-8/h7-8,10H,2-6H2,1H3,(H,11,12). The summed E-state index contributed by atoms with van der Waals surface area (Å²) in [4.78, 5) is 10.3. The quantitative estimate of drug-likeness (QED) is 0.724. The lowest BCUT2D eigenvalue weighted by atomic mass is 10.0. The van der Waals surface area contributed by atoms with Crippen molar-refractivity contribution in [2.75, 3.05) is 12.3 Å². The highest BCUT2D eigenvalue weighted by atomic mass is 32.2. The van der Waals surface area contributed by atoms with Crippen LogP contribution in [-0.4, -0.2) is 34.7 Å². The van der Waals surface area contributed by atoms with Gasteiger partial charge in [-0.2, -0.15) is 0 Å². The summed E-state index contributed by atoms with van der Waals surface area (Å²) in [6.45, 7) is 3.19. The van der Waals surface area contributed by atoms with E-state index in [1.54, 1.807) is 0 Å². The van der Waals surface area contributed by atoms with Gasteiger partial charge >= 0.3 is 5.97 Å². The Morgan fingerprint density at radius 1 is 1.69 bits per heavy atom. The van der Waals surface area contributed by atoms with Crippen LogP contribution in [0.1, 0.15) is 26.2 Å². The lowest BCUT2D eigenvalue weighted by Gasteiger charge is -2.28. The Kier molecular flexibility index (Phi) is 4.59. The van der Waals surface area contributed by atoms with Gasteiger partial charge in [0.05, 0.1) is 5.75 Å². The predicted molar refractivity (Wildman–Crippen MR) is 55.2 cm³/mol. The Morgan fingerprint density at radius 2 is 2.46 bits per heavy atom. The van der Waals surface area contributed by atoms with Crippen LogP contribution in [0.3, 0.4) is 0 Å². The molecule has 0 bridgehead atoms. The van der Waals surface area contributed by atoms with E-state index >= 15 is 0 Å². The minimum Gasteiger partial charge on any atom is -0.481 e. The first kappa shape index (κ1) is 10.9. The molecule has 1 fully saturated rings. The fraction of sp³-hybridized carbons (Fsp3) is 0.889. The van der Waals surface area contributed by atoms with E-state index in [1.807, 2.05) is 0 Å². The van der Waals surface area contributed by atoms with Gasteiger partial charge in [-0.3, -0.25) is 4.79 Å². The van der Waals surface area contributed by atoms with Crippen LogP contribution < -0.4 is 5.32 Å². The lowest BCUT2D eigenvalue weighted by molar-refractivity contribution is -0.133. The fourth-order valence-corrected chi connectivity index (χ4v) is 2.47. The highest BCUT2D eigenvalue weighted by molar-refractivity contribution is 8.00. The van der Waals surface area contributed by atoms with Gasteiger partial charge in [-0.1, -0.05) is 13.3 Å². The van der Waals surface area contributed by atoms with E-state index in [1.165, 1.54) is 31.0 Å². The molecule has 4 heteroatoms. The number of nitrogens with one attached hydrogen (secondary N) is 1. The average Bonchev–Trinajstić information content (AvgIpc) is 2.15. The summed E-state index contributed by atoms with van der Waals surface area (Å²) in [5.41, 5.74) is 0. The molecule has 76 valence electrons. The van der Waals surface area contributed by atoms with Gasteiger partial charge in [0.2, 0.25) is 0 Å². The number of rotatable bonds is 4. The van der Waals surface area contributed by atoms with E-state index < -0.39 is 5.97 Å². The largest absolute Gasteiger partial charge is 0.481 e. The van der Waals surface area contributed by atoms with Gasteiger partial charge in [0, 0.05) is 11.3 Å². The SMILES string of the molecule is CC(SCC(=O)O)C1CCCCN1. The van der Waals surface area contributed by atoms with Crippen molar-refractivity contribution in [3.8, 4) is 0 Å². The second kappa shape index (κ2) is 5.50. The molecule has 0 radical (unpaired) electrons. The highest BCUT2D eigenvalue weighted by Crippen LogP contribution is 2.20. The van der Waals surface area contributed by atoms with E-state index in [4.69, 9.17) is 5.11 Å². The average molecular weight is 203 g/mol. The van der Waals surface area contributed by atoms with Gasteiger partial charge in [0.15, 0.2) is 0 Å². The summed E-state index contributed by atoms with van der Waals surface area (Å²) < 4.78 is 0. The zero-order chi connectivity index (χ0) is 9.68. The van der Waals surface area contributed by atoms with Crippen molar-refractivity contribution in [1.29, 1.82) is 0 Å². The van der Waals surface area contributed by atoms with Crippen LogP contribution in [-0.2, 0) is 4.79 Å². The zero-order valence-electron chi connectivity index (χ0n) is 7.95. The molecule has 1 aliphatic rings. The van der Waals surface area contributed by atoms with Gasteiger partial charge in [0.25, 0.3) is 0 Å². The molecule has 0 aromatic rings. The zero-order valence-corrected chi connectivity index (χ0v) is 8.77. The molecule has 2 atom stereocenters. The van der Waals surface area contributed by atoms with Crippen molar-refractivity contribution in [2.24, 2.45) is 0 Å². The number of carboxylic acids is 1. The van der Waals surface area contributed by atoms with Crippen LogP contribution >= 0.6 is 11.8 Å². The van der Waals surface area contributed by atoms with E-state index in [0.717, 1.165) is 6.54 Å². The molecule has 1 rings (SSSR count). The summed E-state index contributed by atoms with van der Waals surface area (Å²) in [7, 11) is 0. The van der Waals surface area contributed by atoms with Gasteiger partial charge in [0.1, 0.15) is 0 Å². The summed E-state index contributed by atoms with van der Waals surface area (Å²) in [6.07, 6.45) is 3.72. The monoisotopic (exact) mass is 203 g/mol. The topological polar surface area (TPSA) is 49.3 Å². The van der Waals surface area contributed by atoms with E-state index in [-0.39, 0.29) is 5.75 Å². The molecule has 1 saturated heterocycles. The van der Waals surface area contributed by atoms with Gasteiger partial charge < -0.3 is 10.4 Å². The molecule has 0 amide bonds. The van der Waals surface area contributed by atoms with Crippen LogP contribution in [0, 0.1) is 0 Å². The van der Waals surface area contributed by atoms with Gasteiger partial charge in [-0.15, -0.1) is 11.8 Å². The van der Waals surface area contributed by atoms with Crippen molar-refractivity contribution in [3.05, 3.63) is 0 Å². The van der Waals surface area contributed by atoms with Crippen LogP contribution in [0.5, 0.6) is 0 Å². The molecule has 0 aromatic heterocycles. The second-order valence-electron chi connectivity index (χ2n) is 3.47. The van der Waals surface area contributed by atoms with Gasteiger partial charge in [-0.25, -0.2) is 0 Å².